The van der Waals surface area contributed by atoms with Crippen LogP contribution in [0, 0.1) is 11.7 Å². The van der Waals surface area contributed by atoms with Crippen molar-refractivity contribution in [3.05, 3.63) is 101 Å². The van der Waals surface area contributed by atoms with Crippen LogP contribution in [0.4, 0.5) is 10.1 Å². The van der Waals surface area contributed by atoms with E-state index in [0.717, 1.165) is 59.6 Å². The van der Waals surface area contributed by atoms with E-state index in [4.69, 9.17) is 4.99 Å². The van der Waals surface area contributed by atoms with Gasteiger partial charge in [-0.25, -0.2) is 4.39 Å². The Bertz CT molecular complexity index is 1440. The molecule has 174 valence electrons. The average Bonchev–Trinajstić information content (AvgIpc) is 3.33. The summed E-state index contributed by atoms with van der Waals surface area (Å²) < 4.78 is 14.7. The molecule has 1 fully saturated rings. The number of nitrogens with zero attached hydrogens (tertiary/aromatic N) is 4. The summed E-state index contributed by atoms with van der Waals surface area (Å²) in [4.78, 5) is 28.7. The number of carbonyl (C=O) groups is 1. The predicted molar refractivity (Wildman–Crippen MR) is 136 cm³/mol. The van der Waals surface area contributed by atoms with Crippen molar-refractivity contribution in [2.45, 2.75) is 25.8 Å². The Kier molecular flexibility index (Phi) is 5.57. The zero-order valence-electron chi connectivity index (χ0n) is 19.3. The first-order valence-corrected chi connectivity index (χ1v) is 12.1. The maximum atomic E-state index is 14.7. The number of hydrogen-bond donors (Lipinski definition) is 0. The second-order valence-corrected chi connectivity index (χ2v) is 9.32. The molecule has 0 aliphatic carbocycles. The van der Waals surface area contributed by atoms with E-state index in [2.05, 4.69) is 14.9 Å². The molecule has 0 amide bonds. The SMILES string of the molecule is O=C(C[C@@H]1CCCN(c2ccnc3cccc(F)c23)C1)c1ccc2c(c1)C(c1ccncc1)=NC2. The van der Waals surface area contributed by atoms with Gasteiger partial charge in [0, 0.05) is 54.8 Å². The summed E-state index contributed by atoms with van der Waals surface area (Å²) in [6, 6.07) is 16.7. The molecule has 0 unspecified atom stereocenters. The van der Waals surface area contributed by atoms with Crippen LogP contribution in [0.1, 0.15) is 46.3 Å². The van der Waals surface area contributed by atoms with Gasteiger partial charge in [-0.2, -0.15) is 0 Å². The first kappa shape index (κ1) is 21.6. The predicted octanol–water partition coefficient (Wildman–Crippen LogP) is 5.61. The first-order valence-electron chi connectivity index (χ1n) is 12.1. The third-order valence-corrected chi connectivity index (χ3v) is 7.08. The highest BCUT2D eigenvalue weighted by Crippen LogP contribution is 2.32. The van der Waals surface area contributed by atoms with E-state index in [-0.39, 0.29) is 17.5 Å². The van der Waals surface area contributed by atoms with Crippen LogP contribution in [0.5, 0.6) is 0 Å². The zero-order chi connectivity index (χ0) is 23.8. The number of rotatable bonds is 5. The molecule has 0 saturated carbocycles. The van der Waals surface area contributed by atoms with E-state index >= 15 is 0 Å². The molecule has 0 radical (unpaired) electrons. The lowest BCUT2D eigenvalue weighted by atomic mass is 9.89. The Hall–Kier alpha value is -3.93. The van der Waals surface area contributed by atoms with Gasteiger partial charge in [0.05, 0.1) is 28.8 Å². The Labute approximate surface area is 203 Å². The number of fused-ring (bicyclic) bond motifs is 2. The summed E-state index contributed by atoms with van der Waals surface area (Å²) in [5, 5.41) is 0.559. The van der Waals surface area contributed by atoms with E-state index < -0.39 is 0 Å². The number of pyridine rings is 2. The number of piperidine rings is 1. The normalized spacial score (nSPS) is 17.3. The molecule has 0 bridgehead atoms. The Balaban J connectivity index is 1.21. The highest BCUT2D eigenvalue weighted by atomic mass is 19.1. The van der Waals surface area contributed by atoms with Gasteiger partial charge >= 0.3 is 0 Å². The van der Waals surface area contributed by atoms with Crippen molar-refractivity contribution in [3.63, 3.8) is 0 Å². The minimum atomic E-state index is -0.256. The average molecular weight is 465 g/mol. The summed E-state index contributed by atoms with van der Waals surface area (Å²) in [5.74, 6) is 0.104. The summed E-state index contributed by atoms with van der Waals surface area (Å²) in [6.07, 6.45) is 7.69. The third-order valence-electron chi connectivity index (χ3n) is 7.08. The first-order chi connectivity index (χ1) is 17.2. The molecular formula is C29H25FN4O. The molecular weight excluding hydrogens is 439 g/mol. The van der Waals surface area contributed by atoms with Gasteiger partial charge in [-0.05, 0) is 60.7 Å². The third kappa shape index (κ3) is 4.09. The van der Waals surface area contributed by atoms with Gasteiger partial charge < -0.3 is 4.90 Å². The van der Waals surface area contributed by atoms with Gasteiger partial charge in [0.15, 0.2) is 5.78 Å². The fourth-order valence-electron chi connectivity index (χ4n) is 5.35. The number of aliphatic imine (C=N–C) groups is 1. The zero-order valence-corrected chi connectivity index (χ0v) is 19.3. The van der Waals surface area contributed by atoms with Crippen LogP contribution in [0.15, 0.2) is 78.2 Å². The Morgan fingerprint density at radius 3 is 2.83 bits per heavy atom. The standard InChI is InChI=1S/C29H25FN4O/c30-24-4-1-5-25-28(24)26(10-13-32-25)34-14-2-3-19(18-34)15-27(35)21-6-7-22-17-33-29(23(22)16-21)20-8-11-31-12-9-20/h1,4-13,16,19H,2-3,14-15,17-18H2/t19-/m0/s1. The number of anilines is 1. The molecule has 2 aliphatic rings. The number of halogens is 1. The van der Waals surface area contributed by atoms with Gasteiger partial charge in [0.25, 0.3) is 0 Å². The molecule has 4 aromatic rings. The molecule has 0 N–H and O–H groups in total. The van der Waals surface area contributed by atoms with Gasteiger partial charge in [0.1, 0.15) is 5.82 Å². The van der Waals surface area contributed by atoms with E-state index in [1.54, 1.807) is 24.7 Å². The lowest BCUT2D eigenvalue weighted by molar-refractivity contribution is 0.0956. The summed E-state index contributed by atoms with van der Waals surface area (Å²) in [6.45, 7) is 2.21. The molecule has 2 aromatic heterocycles. The number of aromatic nitrogens is 2. The van der Waals surface area contributed by atoms with E-state index in [0.29, 0.717) is 23.9 Å². The van der Waals surface area contributed by atoms with Crippen molar-refractivity contribution >= 4 is 28.1 Å². The minimum Gasteiger partial charge on any atom is -0.371 e. The highest BCUT2D eigenvalue weighted by molar-refractivity contribution is 6.16. The molecule has 6 heteroatoms. The van der Waals surface area contributed by atoms with Crippen molar-refractivity contribution in [1.82, 2.24) is 9.97 Å². The second-order valence-electron chi connectivity index (χ2n) is 9.32. The second kappa shape index (κ2) is 9.02. The Morgan fingerprint density at radius 1 is 1.06 bits per heavy atom. The maximum absolute atomic E-state index is 14.7. The van der Waals surface area contributed by atoms with E-state index in [1.807, 2.05) is 42.5 Å². The van der Waals surface area contributed by atoms with Crippen molar-refractivity contribution in [2.75, 3.05) is 18.0 Å². The fourth-order valence-corrected chi connectivity index (χ4v) is 5.35. The van der Waals surface area contributed by atoms with Gasteiger partial charge in [-0.1, -0.05) is 18.2 Å². The van der Waals surface area contributed by atoms with Crippen molar-refractivity contribution in [3.8, 4) is 0 Å². The molecule has 35 heavy (non-hydrogen) atoms. The molecule has 0 spiro atoms. The van der Waals surface area contributed by atoms with Crippen molar-refractivity contribution in [1.29, 1.82) is 0 Å². The molecule has 1 atom stereocenters. The fraction of sp³-hybridized carbons (Fsp3) is 0.241. The minimum absolute atomic E-state index is 0.145. The number of ketones is 1. The number of carbonyl (C=O) groups excluding carboxylic acids is 1. The van der Waals surface area contributed by atoms with Crippen molar-refractivity contribution < 1.29 is 9.18 Å². The van der Waals surface area contributed by atoms with Crippen LogP contribution < -0.4 is 4.90 Å². The monoisotopic (exact) mass is 464 g/mol. The highest BCUT2D eigenvalue weighted by Gasteiger charge is 2.26. The van der Waals surface area contributed by atoms with Crippen LogP contribution in [-0.2, 0) is 6.54 Å². The number of Topliss-reactive ketones (excluding diaryl/α,β-unsaturated/α-hetero) is 1. The molecule has 4 heterocycles. The van der Waals surface area contributed by atoms with E-state index in [9.17, 15) is 9.18 Å². The molecule has 2 aliphatic heterocycles. The van der Waals surface area contributed by atoms with Crippen LogP contribution in [0.25, 0.3) is 10.9 Å². The molecule has 5 nitrogen and oxygen atoms in total. The molecule has 2 aromatic carbocycles. The number of benzene rings is 2. The largest absolute Gasteiger partial charge is 0.371 e. The summed E-state index contributed by atoms with van der Waals surface area (Å²) in [5.41, 5.74) is 6.36. The summed E-state index contributed by atoms with van der Waals surface area (Å²) >= 11 is 0. The lowest BCUT2D eigenvalue weighted by Gasteiger charge is -2.35. The number of hydrogen-bond acceptors (Lipinski definition) is 5. The van der Waals surface area contributed by atoms with E-state index in [1.165, 1.54) is 6.07 Å². The van der Waals surface area contributed by atoms with Crippen LogP contribution in [0.3, 0.4) is 0 Å². The van der Waals surface area contributed by atoms with Gasteiger partial charge in [0.2, 0.25) is 0 Å². The topological polar surface area (TPSA) is 58.5 Å². The van der Waals surface area contributed by atoms with Crippen LogP contribution in [0.2, 0.25) is 0 Å². The molecule has 6 rings (SSSR count). The lowest BCUT2D eigenvalue weighted by Crippen LogP contribution is -2.36. The Morgan fingerprint density at radius 2 is 1.94 bits per heavy atom. The van der Waals surface area contributed by atoms with Crippen LogP contribution in [-0.4, -0.2) is 34.6 Å². The summed E-state index contributed by atoms with van der Waals surface area (Å²) in [7, 11) is 0. The maximum Gasteiger partial charge on any atom is 0.163 e. The van der Waals surface area contributed by atoms with Crippen molar-refractivity contribution in [2.24, 2.45) is 10.9 Å². The smallest absolute Gasteiger partial charge is 0.163 e. The van der Waals surface area contributed by atoms with Gasteiger partial charge in [-0.15, -0.1) is 0 Å². The van der Waals surface area contributed by atoms with Crippen LogP contribution >= 0.6 is 0 Å². The molecule has 1 saturated heterocycles. The van der Waals surface area contributed by atoms with Gasteiger partial charge in [-0.3, -0.25) is 19.8 Å². The quantitative estimate of drug-likeness (QED) is 0.360.